The van der Waals surface area contributed by atoms with Gasteiger partial charge >= 0.3 is 12.2 Å². The second-order valence-corrected chi connectivity index (χ2v) is 3.32. The number of hydrogen-bond donors (Lipinski definition) is 2. The monoisotopic (exact) mass is 216 g/mol. The van der Waals surface area contributed by atoms with Gasteiger partial charge in [-0.3, -0.25) is 0 Å². The van der Waals surface area contributed by atoms with Crippen molar-refractivity contribution in [3.05, 3.63) is 13.8 Å². The highest BCUT2D eigenvalue weighted by atomic mass is 16.6. The number of primary amides is 2. The van der Waals surface area contributed by atoms with Gasteiger partial charge in [0, 0.05) is 0 Å². The number of ether oxygens (including phenoxy) is 2. The molecule has 6 heteroatoms. The first-order valence-corrected chi connectivity index (χ1v) is 4.39. The molecule has 0 aliphatic carbocycles. The molecule has 0 saturated heterocycles. The fourth-order valence-corrected chi connectivity index (χ4v) is 1.01. The zero-order chi connectivity index (χ0) is 11.9. The molecule has 2 amide bonds. The van der Waals surface area contributed by atoms with Crippen molar-refractivity contribution in [2.75, 3.05) is 13.2 Å². The summed E-state index contributed by atoms with van der Waals surface area (Å²) in [5.74, 6) is 0. The van der Waals surface area contributed by atoms with Crippen LogP contribution in [0.5, 0.6) is 0 Å². The van der Waals surface area contributed by atoms with Crippen molar-refractivity contribution in [2.45, 2.75) is 12.8 Å². The van der Waals surface area contributed by atoms with E-state index in [1.165, 1.54) is 0 Å². The second-order valence-electron chi connectivity index (χ2n) is 3.32. The van der Waals surface area contributed by atoms with Gasteiger partial charge in [-0.15, -0.1) is 0 Å². The van der Waals surface area contributed by atoms with E-state index < -0.39 is 17.6 Å². The third kappa shape index (κ3) is 6.48. The van der Waals surface area contributed by atoms with Gasteiger partial charge in [0.15, 0.2) is 5.41 Å². The fourth-order valence-electron chi connectivity index (χ4n) is 1.01. The highest BCUT2D eigenvalue weighted by molar-refractivity contribution is 5.65. The Hall–Kier alpha value is -1.59. The van der Waals surface area contributed by atoms with Crippen LogP contribution in [0.2, 0.25) is 0 Å². The van der Waals surface area contributed by atoms with Crippen molar-refractivity contribution >= 4 is 12.2 Å². The molecule has 0 heterocycles. The SMILES string of the molecule is [CH2+]C(CC[CH2-])(COC(N)=O)COC(N)=O. The Labute approximate surface area is 88.9 Å². The van der Waals surface area contributed by atoms with Crippen molar-refractivity contribution in [3.63, 3.8) is 0 Å². The molecular formula is C9H16N2O4. The van der Waals surface area contributed by atoms with Crippen LogP contribution in [0.4, 0.5) is 9.59 Å². The highest BCUT2D eigenvalue weighted by Gasteiger charge is 2.33. The van der Waals surface area contributed by atoms with Crippen LogP contribution >= 0.6 is 0 Å². The molecule has 0 radical (unpaired) electrons. The number of carbonyl (C=O) groups is 2. The van der Waals surface area contributed by atoms with E-state index in [1.807, 2.05) is 0 Å². The van der Waals surface area contributed by atoms with Crippen LogP contribution in [0.1, 0.15) is 12.8 Å². The van der Waals surface area contributed by atoms with Crippen LogP contribution in [0.3, 0.4) is 0 Å². The van der Waals surface area contributed by atoms with Crippen LogP contribution in [-0.2, 0) is 9.47 Å². The van der Waals surface area contributed by atoms with Crippen molar-refractivity contribution < 1.29 is 19.1 Å². The van der Waals surface area contributed by atoms with Gasteiger partial charge in [-0.1, -0.05) is 0 Å². The maximum Gasteiger partial charge on any atom is 0.404 e. The predicted octanol–water partition coefficient (Wildman–Crippen LogP) is 0.612. The van der Waals surface area contributed by atoms with E-state index in [0.29, 0.717) is 12.8 Å². The van der Waals surface area contributed by atoms with Crippen LogP contribution < -0.4 is 11.5 Å². The molecule has 0 aromatic carbocycles. The van der Waals surface area contributed by atoms with Crippen molar-refractivity contribution in [1.29, 1.82) is 0 Å². The summed E-state index contributed by atoms with van der Waals surface area (Å²) in [6.07, 6.45) is -0.710. The molecule has 0 aromatic heterocycles. The molecule has 0 aliphatic rings. The topological polar surface area (TPSA) is 105 Å². The molecule has 0 atom stereocenters. The van der Waals surface area contributed by atoms with Crippen molar-refractivity contribution in [3.8, 4) is 0 Å². The minimum Gasteiger partial charge on any atom is -0.444 e. The molecule has 0 rings (SSSR count). The number of hydrogen-bond acceptors (Lipinski definition) is 4. The molecule has 0 aromatic rings. The van der Waals surface area contributed by atoms with E-state index in [-0.39, 0.29) is 13.2 Å². The molecule has 0 spiro atoms. The molecule has 6 nitrogen and oxygen atoms in total. The first kappa shape index (κ1) is 13.4. The third-order valence-electron chi connectivity index (χ3n) is 1.75. The minimum absolute atomic E-state index is 0.0366. The molecule has 0 bridgehead atoms. The van der Waals surface area contributed by atoms with E-state index in [2.05, 4.69) is 23.3 Å². The van der Waals surface area contributed by atoms with Gasteiger partial charge in [0.25, 0.3) is 0 Å². The minimum atomic E-state index is -0.897. The van der Waals surface area contributed by atoms with Crippen molar-refractivity contribution in [2.24, 2.45) is 16.9 Å². The number of nitrogens with two attached hydrogens (primary N) is 2. The largest absolute Gasteiger partial charge is 0.444 e. The summed E-state index contributed by atoms with van der Waals surface area (Å²) in [5, 5.41) is 0. The summed E-state index contributed by atoms with van der Waals surface area (Å²) >= 11 is 0. The lowest BCUT2D eigenvalue weighted by Gasteiger charge is -2.22. The Balaban J connectivity index is 4.17. The summed E-state index contributed by atoms with van der Waals surface area (Å²) < 4.78 is 9.22. The van der Waals surface area contributed by atoms with Gasteiger partial charge < -0.3 is 27.9 Å². The molecule has 0 aliphatic heterocycles. The quantitative estimate of drug-likeness (QED) is 0.634. The molecule has 0 saturated carbocycles. The van der Waals surface area contributed by atoms with E-state index in [0.717, 1.165) is 0 Å². The number of rotatable bonds is 6. The first-order valence-electron chi connectivity index (χ1n) is 4.39. The average molecular weight is 216 g/mol. The summed E-state index contributed by atoms with van der Waals surface area (Å²) in [5.41, 5.74) is 8.89. The molecule has 0 fully saturated rings. The van der Waals surface area contributed by atoms with E-state index >= 15 is 0 Å². The van der Waals surface area contributed by atoms with Gasteiger partial charge in [-0.2, -0.15) is 6.42 Å². The maximum absolute atomic E-state index is 10.4. The van der Waals surface area contributed by atoms with Gasteiger partial charge in [0.1, 0.15) is 13.2 Å². The fraction of sp³-hybridized carbons (Fsp3) is 0.556. The lowest BCUT2D eigenvalue weighted by atomic mass is 9.87. The van der Waals surface area contributed by atoms with Crippen LogP contribution in [0.15, 0.2) is 0 Å². The Morgan fingerprint density at radius 1 is 1.20 bits per heavy atom. The Morgan fingerprint density at radius 3 is 1.87 bits per heavy atom. The molecule has 86 valence electrons. The second kappa shape index (κ2) is 6.00. The van der Waals surface area contributed by atoms with Gasteiger partial charge in [0.05, 0.1) is 6.92 Å². The standard InChI is InChI=1S/C9H16N2O4/c1-3-4-9(2,5-14-7(10)12)6-15-8(11)13/h1-6H2,(H2,10,12)(H2,11,13). The van der Waals surface area contributed by atoms with Gasteiger partial charge in [-0.25, -0.2) is 9.59 Å². The van der Waals surface area contributed by atoms with Crippen LogP contribution in [0.25, 0.3) is 0 Å². The van der Waals surface area contributed by atoms with Crippen LogP contribution in [-0.4, -0.2) is 25.4 Å². The zero-order valence-corrected chi connectivity index (χ0v) is 8.53. The Morgan fingerprint density at radius 2 is 1.60 bits per heavy atom. The zero-order valence-electron chi connectivity index (χ0n) is 8.53. The summed E-state index contributed by atoms with van der Waals surface area (Å²) in [6.45, 7) is 7.37. The Bertz CT molecular complexity index is 212. The Kier molecular flexibility index (Phi) is 5.36. The van der Waals surface area contributed by atoms with Gasteiger partial charge in [-0.05, 0) is 6.42 Å². The van der Waals surface area contributed by atoms with Gasteiger partial charge in [0.2, 0.25) is 0 Å². The highest BCUT2D eigenvalue weighted by Crippen LogP contribution is 2.23. The van der Waals surface area contributed by atoms with E-state index in [9.17, 15) is 9.59 Å². The maximum atomic E-state index is 10.4. The van der Waals surface area contributed by atoms with Crippen molar-refractivity contribution in [1.82, 2.24) is 0 Å². The lowest BCUT2D eigenvalue weighted by molar-refractivity contribution is 0.0528. The first-order chi connectivity index (χ1) is 6.89. The summed E-state index contributed by atoms with van der Waals surface area (Å²) in [4.78, 5) is 20.8. The molecular weight excluding hydrogens is 200 g/mol. The van der Waals surface area contributed by atoms with E-state index in [1.54, 1.807) is 0 Å². The predicted molar refractivity (Wildman–Crippen MR) is 53.5 cm³/mol. The normalized spacial score (nSPS) is 10.7. The third-order valence-corrected chi connectivity index (χ3v) is 1.75. The summed E-state index contributed by atoms with van der Waals surface area (Å²) in [7, 11) is 0. The number of amides is 2. The number of carbonyl (C=O) groups excluding carboxylic acids is 2. The lowest BCUT2D eigenvalue weighted by Crippen LogP contribution is -2.34. The smallest absolute Gasteiger partial charge is 0.404 e. The average Bonchev–Trinajstić information content (AvgIpc) is 2.13. The molecule has 15 heavy (non-hydrogen) atoms. The molecule has 4 N–H and O–H groups in total. The summed E-state index contributed by atoms with van der Waals surface area (Å²) in [6, 6.07) is 0. The van der Waals surface area contributed by atoms with Crippen LogP contribution in [0, 0.1) is 19.3 Å². The molecule has 0 unspecified atom stereocenters. The van der Waals surface area contributed by atoms with E-state index in [4.69, 9.17) is 11.5 Å².